The summed E-state index contributed by atoms with van der Waals surface area (Å²) in [5.74, 6) is 3.03. The molecule has 4 rings (SSSR count). The second kappa shape index (κ2) is 6.50. The number of ether oxygens (including phenoxy) is 1. The van der Waals surface area contributed by atoms with E-state index < -0.39 is 6.10 Å². The lowest BCUT2D eigenvalue weighted by molar-refractivity contribution is -0.152. The highest BCUT2D eigenvalue weighted by atomic mass is 16.5. The van der Waals surface area contributed by atoms with Gasteiger partial charge in [-0.05, 0) is 86.4 Å². The summed E-state index contributed by atoms with van der Waals surface area (Å²) in [6.07, 6.45) is 11.4. The van der Waals surface area contributed by atoms with E-state index in [1.165, 1.54) is 58.3 Å². The van der Waals surface area contributed by atoms with Crippen molar-refractivity contribution in [2.75, 3.05) is 0 Å². The predicted octanol–water partition coefficient (Wildman–Crippen LogP) is 4.96. The van der Waals surface area contributed by atoms with Crippen LogP contribution in [0.3, 0.4) is 0 Å². The van der Waals surface area contributed by atoms with E-state index in [1.807, 2.05) is 6.92 Å². The third-order valence-corrected chi connectivity index (χ3v) is 9.51. The maximum absolute atomic E-state index is 11.7. The molecule has 0 saturated heterocycles. The number of carbonyl (C=O) groups excluding carboxylic acids is 1. The topological polar surface area (TPSA) is 46.5 Å². The molecule has 0 aromatic carbocycles. The average molecular weight is 363 g/mol. The summed E-state index contributed by atoms with van der Waals surface area (Å²) in [4.78, 5) is 11.7. The first-order valence-electron chi connectivity index (χ1n) is 11.1. The number of hydrogen-bond donors (Lipinski definition) is 1. The summed E-state index contributed by atoms with van der Waals surface area (Å²) in [6.45, 7) is 8.41. The number of aliphatic hydroxyl groups excluding tert-OH is 1. The summed E-state index contributed by atoms with van der Waals surface area (Å²) >= 11 is 0. The van der Waals surface area contributed by atoms with Crippen molar-refractivity contribution in [3.63, 3.8) is 0 Å². The molecule has 148 valence electrons. The number of aliphatic hydroxyl groups is 1. The van der Waals surface area contributed by atoms with Gasteiger partial charge in [-0.25, -0.2) is 0 Å². The lowest BCUT2D eigenvalue weighted by Crippen LogP contribution is -2.53. The summed E-state index contributed by atoms with van der Waals surface area (Å²) < 4.78 is 5.75. The van der Waals surface area contributed by atoms with Crippen molar-refractivity contribution in [3.8, 4) is 0 Å². The minimum atomic E-state index is -0.410. The number of carbonyl (C=O) groups is 1. The zero-order valence-electron chi connectivity index (χ0n) is 17.2. The zero-order chi connectivity index (χ0) is 18.7. The lowest BCUT2D eigenvalue weighted by Gasteiger charge is -2.60. The van der Waals surface area contributed by atoms with Gasteiger partial charge in [0.05, 0.1) is 6.10 Å². The molecule has 9 unspecified atom stereocenters. The SMILES string of the molecule is CC(=O)OC1CC2C3CCC4CCCCC4(C)C3CCC2(C)C1C(C)O. The second-order valence-electron chi connectivity index (χ2n) is 10.6. The van der Waals surface area contributed by atoms with Crippen molar-refractivity contribution in [1.29, 1.82) is 0 Å². The van der Waals surface area contributed by atoms with Gasteiger partial charge in [-0.1, -0.05) is 26.7 Å². The van der Waals surface area contributed by atoms with Crippen molar-refractivity contribution in [3.05, 3.63) is 0 Å². The highest BCUT2D eigenvalue weighted by Gasteiger charge is 2.63. The Hall–Kier alpha value is -0.570. The highest BCUT2D eigenvalue weighted by Crippen LogP contribution is 2.68. The first kappa shape index (κ1) is 18.8. The Bertz CT molecular complexity index is 558. The van der Waals surface area contributed by atoms with Gasteiger partial charge in [0, 0.05) is 12.8 Å². The summed E-state index contributed by atoms with van der Waals surface area (Å²) in [5, 5.41) is 10.6. The maximum atomic E-state index is 11.7. The monoisotopic (exact) mass is 362 g/mol. The smallest absolute Gasteiger partial charge is 0.302 e. The van der Waals surface area contributed by atoms with Gasteiger partial charge < -0.3 is 9.84 Å². The Morgan fingerprint density at radius 1 is 1.04 bits per heavy atom. The lowest BCUT2D eigenvalue weighted by atomic mass is 9.45. The third-order valence-electron chi connectivity index (χ3n) is 9.51. The molecular formula is C23H38O3. The van der Waals surface area contributed by atoms with Gasteiger partial charge in [0.1, 0.15) is 6.10 Å². The summed E-state index contributed by atoms with van der Waals surface area (Å²) in [7, 11) is 0. The van der Waals surface area contributed by atoms with Crippen LogP contribution in [0.15, 0.2) is 0 Å². The van der Waals surface area contributed by atoms with E-state index in [1.54, 1.807) is 0 Å². The molecule has 4 saturated carbocycles. The van der Waals surface area contributed by atoms with Crippen molar-refractivity contribution in [1.82, 2.24) is 0 Å². The van der Waals surface area contributed by atoms with Crippen LogP contribution in [0.4, 0.5) is 0 Å². The molecule has 0 bridgehead atoms. The molecule has 0 aromatic rings. The van der Waals surface area contributed by atoms with Crippen molar-refractivity contribution in [2.45, 2.75) is 97.7 Å². The van der Waals surface area contributed by atoms with Gasteiger partial charge in [0.2, 0.25) is 0 Å². The average Bonchev–Trinajstić information content (AvgIpc) is 2.85. The molecule has 4 aliphatic rings. The molecule has 4 aliphatic carbocycles. The van der Waals surface area contributed by atoms with E-state index in [2.05, 4.69) is 13.8 Å². The van der Waals surface area contributed by atoms with Crippen LogP contribution in [0, 0.1) is 40.4 Å². The van der Waals surface area contributed by atoms with Gasteiger partial charge in [0.15, 0.2) is 0 Å². The Kier molecular flexibility index (Phi) is 4.69. The van der Waals surface area contributed by atoms with Gasteiger partial charge in [-0.3, -0.25) is 4.79 Å². The molecule has 0 amide bonds. The molecule has 26 heavy (non-hydrogen) atoms. The molecule has 0 radical (unpaired) electrons. The van der Waals surface area contributed by atoms with Gasteiger partial charge >= 0.3 is 5.97 Å². The summed E-state index contributed by atoms with van der Waals surface area (Å²) in [5.41, 5.74) is 0.648. The van der Waals surface area contributed by atoms with E-state index in [4.69, 9.17) is 4.74 Å². The number of fused-ring (bicyclic) bond motifs is 5. The Balaban J connectivity index is 1.64. The van der Waals surface area contributed by atoms with Crippen LogP contribution in [0.2, 0.25) is 0 Å². The minimum Gasteiger partial charge on any atom is -0.462 e. The third kappa shape index (κ3) is 2.67. The minimum absolute atomic E-state index is 0.0919. The molecule has 3 heteroatoms. The van der Waals surface area contributed by atoms with E-state index >= 15 is 0 Å². The largest absolute Gasteiger partial charge is 0.462 e. The Morgan fingerprint density at radius 2 is 1.81 bits per heavy atom. The molecule has 3 nitrogen and oxygen atoms in total. The molecule has 0 aromatic heterocycles. The van der Waals surface area contributed by atoms with Gasteiger partial charge in [-0.2, -0.15) is 0 Å². The van der Waals surface area contributed by atoms with Gasteiger partial charge in [-0.15, -0.1) is 0 Å². The van der Waals surface area contributed by atoms with Crippen LogP contribution in [-0.4, -0.2) is 23.3 Å². The van der Waals surface area contributed by atoms with Gasteiger partial charge in [0.25, 0.3) is 0 Å². The molecule has 4 fully saturated rings. The second-order valence-corrected chi connectivity index (χ2v) is 10.6. The van der Waals surface area contributed by atoms with E-state index in [-0.39, 0.29) is 23.4 Å². The Morgan fingerprint density at radius 3 is 2.50 bits per heavy atom. The fourth-order valence-electron chi connectivity index (χ4n) is 8.52. The molecule has 0 heterocycles. The van der Waals surface area contributed by atoms with Crippen molar-refractivity contribution < 1.29 is 14.6 Å². The quantitative estimate of drug-likeness (QED) is 0.706. The van der Waals surface area contributed by atoms with Crippen LogP contribution < -0.4 is 0 Å². The number of rotatable bonds is 2. The zero-order valence-corrected chi connectivity index (χ0v) is 17.2. The highest BCUT2D eigenvalue weighted by molar-refractivity contribution is 5.66. The normalized spacial score (nSPS) is 51.7. The van der Waals surface area contributed by atoms with E-state index in [0.29, 0.717) is 11.3 Å². The number of hydrogen-bond acceptors (Lipinski definition) is 3. The number of esters is 1. The van der Waals surface area contributed by atoms with Crippen LogP contribution >= 0.6 is 0 Å². The fraction of sp³-hybridized carbons (Fsp3) is 0.957. The predicted molar refractivity (Wildman–Crippen MR) is 102 cm³/mol. The molecule has 1 N–H and O–H groups in total. The maximum Gasteiger partial charge on any atom is 0.302 e. The molecule has 0 aliphatic heterocycles. The van der Waals surface area contributed by atoms with Crippen molar-refractivity contribution >= 4 is 5.97 Å². The van der Waals surface area contributed by atoms with E-state index in [9.17, 15) is 9.90 Å². The first-order valence-corrected chi connectivity index (χ1v) is 11.1. The van der Waals surface area contributed by atoms with Crippen LogP contribution in [0.25, 0.3) is 0 Å². The Labute approximate surface area is 159 Å². The summed E-state index contributed by atoms with van der Waals surface area (Å²) in [6, 6.07) is 0. The van der Waals surface area contributed by atoms with Crippen LogP contribution in [0.1, 0.15) is 85.5 Å². The van der Waals surface area contributed by atoms with Crippen LogP contribution in [0.5, 0.6) is 0 Å². The van der Waals surface area contributed by atoms with Crippen LogP contribution in [-0.2, 0) is 9.53 Å². The molecule has 0 spiro atoms. The standard InChI is InChI=1S/C23H38O3/c1-14(24)21-20(26-15(2)25)13-19-17-9-8-16-7-5-6-11-22(16,3)18(17)10-12-23(19,21)4/h14,16-21,24H,5-13H2,1-4H3. The first-order chi connectivity index (χ1) is 12.3. The molecular weight excluding hydrogens is 324 g/mol. The van der Waals surface area contributed by atoms with Crippen molar-refractivity contribution in [2.24, 2.45) is 40.4 Å². The molecule has 9 atom stereocenters. The van der Waals surface area contributed by atoms with E-state index in [0.717, 1.165) is 24.2 Å². The fourth-order valence-corrected chi connectivity index (χ4v) is 8.52.